The standard InChI is InChI=1S/C20H21ClN4O3S/c1-15(14-25-12-4-11-23-25)13-22-20(26)18-5-2-3-6-19(18)24-29(27,28)17-9-7-16(21)8-10-17/h2-12,15,24H,13-14H2,1H3,(H,22,26). The van der Waals surface area contributed by atoms with Crippen LogP contribution in [0.2, 0.25) is 5.02 Å². The van der Waals surface area contributed by atoms with Crippen molar-refractivity contribution in [3.8, 4) is 0 Å². The Kier molecular flexibility index (Phi) is 6.56. The van der Waals surface area contributed by atoms with Crippen molar-refractivity contribution < 1.29 is 13.2 Å². The van der Waals surface area contributed by atoms with E-state index in [1.807, 2.05) is 19.2 Å². The van der Waals surface area contributed by atoms with Crippen LogP contribution >= 0.6 is 11.6 Å². The molecule has 7 nitrogen and oxygen atoms in total. The number of para-hydroxylation sites is 1. The summed E-state index contributed by atoms with van der Waals surface area (Å²) in [5.41, 5.74) is 0.455. The first-order chi connectivity index (χ1) is 13.8. The van der Waals surface area contributed by atoms with Gasteiger partial charge in [-0.05, 0) is 48.4 Å². The summed E-state index contributed by atoms with van der Waals surface area (Å²) in [7, 11) is -3.85. The maximum absolute atomic E-state index is 12.7. The molecule has 2 aromatic carbocycles. The molecule has 1 aromatic heterocycles. The van der Waals surface area contributed by atoms with Gasteiger partial charge in [0.15, 0.2) is 0 Å². The second-order valence-electron chi connectivity index (χ2n) is 6.65. The van der Waals surface area contributed by atoms with Gasteiger partial charge in [-0.25, -0.2) is 8.42 Å². The normalized spacial score (nSPS) is 12.3. The quantitative estimate of drug-likeness (QED) is 0.570. The van der Waals surface area contributed by atoms with Gasteiger partial charge in [-0.1, -0.05) is 30.7 Å². The Morgan fingerprint density at radius 1 is 1.14 bits per heavy atom. The monoisotopic (exact) mass is 432 g/mol. The molecule has 9 heteroatoms. The number of aromatic nitrogens is 2. The van der Waals surface area contributed by atoms with Crippen LogP contribution in [-0.4, -0.2) is 30.7 Å². The molecule has 1 heterocycles. The molecule has 0 fully saturated rings. The Hall–Kier alpha value is -2.84. The molecule has 152 valence electrons. The SMILES string of the molecule is CC(CNC(=O)c1ccccc1NS(=O)(=O)c1ccc(Cl)cc1)Cn1cccn1. The third-order valence-corrected chi connectivity index (χ3v) is 5.84. The lowest BCUT2D eigenvalue weighted by atomic mass is 10.1. The van der Waals surface area contributed by atoms with E-state index in [0.717, 1.165) is 0 Å². The van der Waals surface area contributed by atoms with E-state index in [0.29, 0.717) is 18.1 Å². The second kappa shape index (κ2) is 9.11. The number of amides is 1. The van der Waals surface area contributed by atoms with E-state index in [2.05, 4.69) is 15.1 Å². The maximum Gasteiger partial charge on any atom is 0.261 e. The van der Waals surface area contributed by atoms with Crippen LogP contribution in [0.1, 0.15) is 17.3 Å². The van der Waals surface area contributed by atoms with E-state index >= 15 is 0 Å². The summed E-state index contributed by atoms with van der Waals surface area (Å²) in [5, 5.41) is 7.44. The zero-order valence-electron chi connectivity index (χ0n) is 15.7. The Morgan fingerprint density at radius 3 is 2.55 bits per heavy atom. The minimum Gasteiger partial charge on any atom is -0.352 e. The second-order valence-corrected chi connectivity index (χ2v) is 8.77. The van der Waals surface area contributed by atoms with Gasteiger partial charge in [0.25, 0.3) is 15.9 Å². The number of anilines is 1. The van der Waals surface area contributed by atoms with Crippen LogP contribution in [-0.2, 0) is 16.6 Å². The average molecular weight is 433 g/mol. The summed E-state index contributed by atoms with van der Waals surface area (Å²) >= 11 is 5.82. The molecule has 0 bridgehead atoms. The number of hydrogen-bond donors (Lipinski definition) is 2. The first kappa shape index (κ1) is 20.9. The van der Waals surface area contributed by atoms with Crippen LogP contribution in [0.15, 0.2) is 71.9 Å². The molecule has 1 atom stereocenters. The molecule has 1 amide bonds. The zero-order chi connectivity index (χ0) is 20.9. The summed E-state index contributed by atoms with van der Waals surface area (Å²) in [6.07, 6.45) is 3.56. The number of nitrogens with zero attached hydrogens (tertiary/aromatic N) is 2. The Balaban J connectivity index is 1.69. The van der Waals surface area contributed by atoms with E-state index in [4.69, 9.17) is 11.6 Å². The van der Waals surface area contributed by atoms with Gasteiger partial charge in [-0.2, -0.15) is 5.10 Å². The van der Waals surface area contributed by atoms with Crippen LogP contribution in [0.25, 0.3) is 0 Å². The molecule has 0 spiro atoms. The van der Waals surface area contributed by atoms with Crippen LogP contribution in [0.3, 0.4) is 0 Å². The topological polar surface area (TPSA) is 93.1 Å². The predicted molar refractivity (Wildman–Crippen MR) is 112 cm³/mol. The lowest BCUT2D eigenvalue weighted by Gasteiger charge is -2.15. The smallest absolute Gasteiger partial charge is 0.261 e. The number of halogens is 1. The van der Waals surface area contributed by atoms with E-state index in [-0.39, 0.29) is 28.0 Å². The van der Waals surface area contributed by atoms with Gasteiger partial charge in [0, 0.05) is 30.5 Å². The summed E-state index contributed by atoms with van der Waals surface area (Å²) in [6, 6.07) is 14.1. The van der Waals surface area contributed by atoms with Crippen LogP contribution in [0.5, 0.6) is 0 Å². The van der Waals surface area contributed by atoms with Gasteiger partial charge in [-0.3, -0.25) is 14.2 Å². The molecule has 3 aromatic rings. The fourth-order valence-electron chi connectivity index (χ4n) is 2.74. The highest BCUT2D eigenvalue weighted by Crippen LogP contribution is 2.21. The molecule has 29 heavy (non-hydrogen) atoms. The predicted octanol–water partition coefficient (Wildman–Crippen LogP) is 3.40. The molecule has 2 N–H and O–H groups in total. The molecule has 0 aliphatic carbocycles. The van der Waals surface area contributed by atoms with E-state index < -0.39 is 10.0 Å². The van der Waals surface area contributed by atoms with E-state index in [9.17, 15) is 13.2 Å². The van der Waals surface area contributed by atoms with Gasteiger partial charge in [0.1, 0.15) is 0 Å². The van der Waals surface area contributed by atoms with Gasteiger partial charge < -0.3 is 5.32 Å². The zero-order valence-corrected chi connectivity index (χ0v) is 17.3. The van der Waals surface area contributed by atoms with Crippen molar-refractivity contribution in [2.24, 2.45) is 5.92 Å². The highest BCUT2D eigenvalue weighted by molar-refractivity contribution is 7.92. The molecule has 0 radical (unpaired) electrons. The number of carbonyl (C=O) groups excluding carboxylic acids is 1. The lowest BCUT2D eigenvalue weighted by Crippen LogP contribution is -2.31. The molecule has 0 aliphatic rings. The number of rotatable bonds is 8. The fraction of sp³-hybridized carbons (Fsp3) is 0.200. The first-order valence-corrected chi connectivity index (χ1v) is 10.8. The summed E-state index contributed by atoms with van der Waals surface area (Å²) in [4.78, 5) is 12.7. The Labute approximate surface area is 174 Å². The number of nitrogens with one attached hydrogen (secondary N) is 2. The third-order valence-electron chi connectivity index (χ3n) is 4.21. The molecule has 0 aliphatic heterocycles. The molecule has 1 unspecified atom stereocenters. The molecular weight excluding hydrogens is 412 g/mol. The minimum atomic E-state index is -3.85. The Bertz CT molecular complexity index is 1070. The van der Waals surface area contributed by atoms with Crippen molar-refractivity contribution in [2.45, 2.75) is 18.4 Å². The summed E-state index contributed by atoms with van der Waals surface area (Å²) in [5.74, 6) is -0.205. The van der Waals surface area contributed by atoms with Crippen molar-refractivity contribution in [2.75, 3.05) is 11.3 Å². The van der Waals surface area contributed by atoms with Crippen LogP contribution in [0, 0.1) is 5.92 Å². The number of hydrogen-bond acceptors (Lipinski definition) is 4. The van der Waals surface area contributed by atoms with Crippen LogP contribution in [0.4, 0.5) is 5.69 Å². The average Bonchev–Trinajstić information content (AvgIpc) is 3.19. The van der Waals surface area contributed by atoms with Crippen molar-refractivity contribution in [1.82, 2.24) is 15.1 Å². The number of carbonyl (C=O) groups is 1. The third kappa shape index (κ3) is 5.58. The molecule has 0 saturated carbocycles. The summed E-state index contributed by atoms with van der Waals surface area (Å²) in [6.45, 7) is 3.09. The van der Waals surface area contributed by atoms with Gasteiger partial charge in [-0.15, -0.1) is 0 Å². The number of benzene rings is 2. The van der Waals surface area contributed by atoms with Crippen molar-refractivity contribution in [1.29, 1.82) is 0 Å². The minimum absolute atomic E-state index is 0.0601. The maximum atomic E-state index is 12.7. The highest BCUT2D eigenvalue weighted by atomic mass is 35.5. The van der Waals surface area contributed by atoms with Crippen molar-refractivity contribution in [3.05, 3.63) is 77.6 Å². The van der Waals surface area contributed by atoms with Gasteiger partial charge >= 0.3 is 0 Å². The Morgan fingerprint density at radius 2 is 1.86 bits per heavy atom. The molecule has 0 saturated heterocycles. The van der Waals surface area contributed by atoms with Crippen LogP contribution < -0.4 is 10.0 Å². The van der Waals surface area contributed by atoms with Crippen molar-refractivity contribution in [3.63, 3.8) is 0 Å². The van der Waals surface area contributed by atoms with Gasteiger partial charge in [0.05, 0.1) is 16.1 Å². The summed E-state index contributed by atoms with van der Waals surface area (Å²) < 4.78 is 29.6. The van der Waals surface area contributed by atoms with E-state index in [1.165, 1.54) is 24.3 Å². The van der Waals surface area contributed by atoms with Crippen molar-refractivity contribution >= 4 is 33.2 Å². The molecule has 3 rings (SSSR count). The first-order valence-electron chi connectivity index (χ1n) is 8.98. The van der Waals surface area contributed by atoms with Gasteiger partial charge in [0.2, 0.25) is 0 Å². The van der Waals surface area contributed by atoms with E-state index in [1.54, 1.807) is 35.1 Å². The number of sulfonamides is 1. The lowest BCUT2D eigenvalue weighted by molar-refractivity contribution is 0.0947. The fourth-order valence-corrected chi connectivity index (χ4v) is 3.95. The highest BCUT2D eigenvalue weighted by Gasteiger charge is 2.19. The largest absolute Gasteiger partial charge is 0.352 e. The molecular formula is C20H21ClN4O3S.